The van der Waals surface area contributed by atoms with E-state index >= 15 is 0 Å². The van der Waals surface area contributed by atoms with Crippen LogP contribution >= 0.6 is 12.2 Å². The van der Waals surface area contributed by atoms with Crippen molar-refractivity contribution in [2.45, 2.75) is 26.2 Å². The molecule has 1 fully saturated rings. The van der Waals surface area contributed by atoms with E-state index in [4.69, 9.17) is 12.2 Å². The van der Waals surface area contributed by atoms with E-state index < -0.39 is 0 Å². The van der Waals surface area contributed by atoms with Crippen molar-refractivity contribution in [2.24, 2.45) is 5.92 Å². The lowest BCUT2D eigenvalue weighted by Crippen LogP contribution is -2.40. The molecule has 1 aromatic rings. The zero-order chi connectivity index (χ0) is 12.3. The minimum absolute atomic E-state index is 0.0438. The van der Waals surface area contributed by atoms with Crippen molar-refractivity contribution in [3.63, 3.8) is 0 Å². The van der Waals surface area contributed by atoms with Gasteiger partial charge in [0.1, 0.15) is 0 Å². The second-order valence-electron chi connectivity index (χ2n) is 4.39. The molecule has 1 aliphatic carbocycles. The molecular weight excluding hydrogens is 232 g/mol. The summed E-state index contributed by atoms with van der Waals surface area (Å²) in [4.78, 5) is 11.7. The lowest BCUT2D eigenvalue weighted by Gasteiger charge is -2.24. The quantitative estimate of drug-likeness (QED) is 0.790. The van der Waals surface area contributed by atoms with Gasteiger partial charge in [0.25, 0.3) is 0 Å². The molecule has 0 aromatic heterocycles. The Morgan fingerprint density at radius 3 is 2.65 bits per heavy atom. The third-order valence-electron chi connectivity index (χ3n) is 3.11. The van der Waals surface area contributed by atoms with E-state index in [1.165, 1.54) is 0 Å². The lowest BCUT2D eigenvalue weighted by molar-refractivity contribution is -0.125. The summed E-state index contributed by atoms with van der Waals surface area (Å²) in [6.07, 6.45) is 3.12. The SMILES string of the molecule is Cc1ccccc1NC(=S)NC(=O)C1CCC1. The van der Waals surface area contributed by atoms with E-state index in [1.54, 1.807) is 0 Å². The van der Waals surface area contributed by atoms with Crippen LogP contribution in [-0.2, 0) is 4.79 Å². The summed E-state index contributed by atoms with van der Waals surface area (Å²) in [6.45, 7) is 2.00. The van der Waals surface area contributed by atoms with Gasteiger partial charge >= 0.3 is 0 Å². The molecule has 1 aliphatic rings. The van der Waals surface area contributed by atoms with Gasteiger partial charge < -0.3 is 10.6 Å². The predicted octanol–water partition coefficient (Wildman–Crippen LogP) is 2.61. The Hall–Kier alpha value is -1.42. The smallest absolute Gasteiger partial charge is 0.229 e. The normalized spacial score (nSPS) is 14.9. The fraction of sp³-hybridized carbons (Fsp3) is 0.385. The van der Waals surface area contributed by atoms with E-state index in [2.05, 4.69) is 10.6 Å². The Morgan fingerprint density at radius 1 is 1.35 bits per heavy atom. The molecule has 0 unspecified atom stereocenters. The third kappa shape index (κ3) is 3.03. The van der Waals surface area contributed by atoms with Crippen LogP contribution in [0.5, 0.6) is 0 Å². The number of hydrogen-bond acceptors (Lipinski definition) is 2. The second kappa shape index (κ2) is 5.27. The van der Waals surface area contributed by atoms with E-state index in [1.807, 2.05) is 31.2 Å². The number of thiocarbonyl (C=S) groups is 1. The average molecular weight is 248 g/mol. The standard InChI is InChI=1S/C13H16N2OS/c1-9-5-2-3-8-11(9)14-13(17)15-12(16)10-6-4-7-10/h2-3,5,8,10H,4,6-7H2,1H3,(H2,14,15,16,17). The van der Waals surface area contributed by atoms with Crippen LogP contribution in [-0.4, -0.2) is 11.0 Å². The molecule has 17 heavy (non-hydrogen) atoms. The molecule has 3 nitrogen and oxygen atoms in total. The Labute approximate surface area is 107 Å². The molecule has 0 atom stereocenters. The molecule has 2 N–H and O–H groups in total. The first kappa shape index (κ1) is 12.0. The average Bonchev–Trinajstić information content (AvgIpc) is 2.18. The topological polar surface area (TPSA) is 41.1 Å². The summed E-state index contributed by atoms with van der Waals surface area (Å²) >= 11 is 5.12. The minimum Gasteiger partial charge on any atom is -0.332 e. The number of amides is 1. The van der Waals surface area contributed by atoms with Gasteiger partial charge in [-0.3, -0.25) is 4.79 Å². The number of anilines is 1. The number of hydrogen-bond donors (Lipinski definition) is 2. The van der Waals surface area contributed by atoms with Crippen LogP contribution in [0.4, 0.5) is 5.69 Å². The number of aryl methyl sites for hydroxylation is 1. The highest BCUT2D eigenvalue weighted by molar-refractivity contribution is 7.80. The van der Waals surface area contributed by atoms with Crippen molar-refractivity contribution >= 4 is 28.9 Å². The first-order valence-electron chi connectivity index (χ1n) is 5.84. The second-order valence-corrected chi connectivity index (χ2v) is 4.79. The fourth-order valence-corrected chi connectivity index (χ4v) is 1.96. The molecule has 0 spiro atoms. The molecule has 1 saturated carbocycles. The van der Waals surface area contributed by atoms with Crippen molar-refractivity contribution in [3.8, 4) is 0 Å². The van der Waals surface area contributed by atoms with Gasteiger partial charge in [0.05, 0.1) is 0 Å². The minimum atomic E-state index is 0.0438. The Bertz CT molecular complexity index is 441. The van der Waals surface area contributed by atoms with E-state index in [-0.39, 0.29) is 11.8 Å². The molecule has 0 radical (unpaired) electrons. The highest BCUT2D eigenvalue weighted by atomic mass is 32.1. The number of carbonyl (C=O) groups excluding carboxylic acids is 1. The third-order valence-corrected chi connectivity index (χ3v) is 3.31. The molecule has 1 amide bonds. The first-order chi connectivity index (χ1) is 8.16. The van der Waals surface area contributed by atoms with Gasteiger partial charge in [0, 0.05) is 11.6 Å². The molecule has 0 heterocycles. The van der Waals surface area contributed by atoms with Crippen molar-refractivity contribution in [1.82, 2.24) is 5.32 Å². The summed E-state index contributed by atoms with van der Waals surface area (Å²) < 4.78 is 0. The highest BCUT2D eigenvalue weighted by Crippen LogP contribution is 2.26. The Kier molecular flexibility index (Phi) is 3.74. The molecule has 0 saturated heterocycles. The first-order valence-corrected chi connectivity index (χ1v) is 6.25. The van der Waals surface area contributed by atoms with Gasteiger partial charge in [0.15, 0.2) is 5.11 Å². The number of benzene rings is 1. The summed E-state index contributed by atoms with van der Waals surface area (Å²) in [5.41, 5.74) is 2.04. The van der Waals surface area contributed by atoms with Crippen molar-refractivity contribution < 1.29 is 4.79 Å². The summed E-state index contributed by atoms with van der Waals surface area (Å²) in [5.74, 6) is 0.203. The van der Waals surface area contributed by atoms with Gasteiger partial charge in [-0.15, -0.1) is 0 Å². The van der Waals surface area contributed by atoms with Crippen LogP contribution < -0.4 is 10.6 Å². The molecule has 4 heteroatoms. The number of rotatable bonds is 2. The van der Waals surface area contributed by atoms with Crippen molar-refractivity contribution in [1.29, 1.82) is 0 Å². The highest BCUT2D eigenvalue weighted by Gasteiger charge is 2.25. The van der Waals surface area contributed by atoms with Gasteiger partial charge in [-0.05, 0) is 43.6 Å². The molecule has 0 aliphatic heterocycles. The molecule has 2 rings (SSSR count). The Balaban J connectivity index is 1.89. The largest absolute Gasteiger partial charge is 0.332 e. The predicted molar refractivity (Wildman–Crippen MR) is 72.9 cm³/mol. The maximum atomic E-state index is 11.7. The van der Waals surface area contributed by atoms with Gasteiger partial charge in [-0.2, -0.15) is 0 Å². The summed E-state index contributed by atoms with van der Waals surface area (Å²) in [6, 6.07) is 7.85. The lowest BCUT2D eigenvalue weighted by atomic mass is 9.85. The molecule has 0 bridgehead atoms. The van der Waals surface area contributed by atoms with Crippen LogP contribution in [0.1, 0.15) is 24.8 Å². The number of para-hydroxylation sites is 1. The summed E-state index contributed by atoms with van der Waals surface area (Å²) in [5, 5.41) is 6.17. The van der Waals surface area contributed by atoms with E-state index in [0.717, 1.165) is 30.5 Å². The van der Waals surface area contributed by atoms with Crippen LogP contribution in [0, 0.1) is 12.8 Å². The van der Waals surface area contributed by atoms with Crippen LogP contribution in [0.25, 0.3) is 0 Å². The molecule has 1 aromatic carbocycles. The summed E-state index contributed by atoms with van der Waals surface area (Å²) in [7, 11) is 0. The maximum absolute atomic E-state index is 11.7. The number of carbonyl (C=O) groups is 1. The Morgan fingerprint density at radius 2 is 2.06 bits per heavy atom. The van der Waals surface area contributed by atoms with Crippen molar-refractivity contribution in [3.05, 3.63) is 29.8 Å². The van der Waals surface area contributed by atoms with Crippen molar-refractivity contribution in [2.75, 3.05) is 5.32 Å². The van der Waals surface area contributed by atoms with Crippen LogP contribution in [0.3, 0.4) is 0 Å². The van der Waals surface area contributed by atoms with Gasteiger partial charge in [-0.1, -0.05) is 24.6 Å². The monoisotopic (exact) mass is 248 g/mol. The fourth-order valence-electron chi connectivity index (χ4n) is 1.75. The zero-order valence-electron chi connectivity index (χ0n) is 9.82. The van der Waals surface area contributed by atoms with Crippen LogP contribution in [0.2, 0.25) is 0 Å². The van der Waals surface area contributed by atoms with E-state index in [9.17, 15) is 4.79 Å². The van der Waals surface area contributed by atoms with E-state index in [0.29, 0.717) is 5.11 Å². The molecular formula is C13H16N2OS. The van der Waals surface area contributed by atoms with Crippen LogP contribution in [0.15, 0.2) is 24.3 Å². The zero-order valence-corrected chi connectivity index (χ0v) is 10.6. The molecule has 90 valence electrons. The van der Waals surface area contributed by atoms with Gasteiger partial charge in [-0.25, -0.2) is 0 Å². The maximum Gasteiger partial charge on any atom is 0.229 e. The number of nitrogens with one attached hydrogen (secondary N) is 2. The van der Waals surface area contributed by atoms with Gasteiger partial charge in [0.2, 0.25) is 5.91 Å².